The van der Waals surface area contributed by atoms with Crippen LogP contribution >= 0.6 is 0 Å². The Morgan fingerprint density at radius 2 is 1.70 bits per heavy atom. The molecule has 3 aromatic rings. The van der Waals surface area contributed by atoms with Gasteiger partial charge in [0.25, 0.3) is 5.91 Å². The predicted octanol–water partition coefficient (Wildman–Crippen LogP) is 3.72. The van der Waals surface area contributed by atoms with E-state index in [9.17, 15) is 13.2 Å². The molecule has 2 saturated heterocycles. The van der Waals surface area contributed by atoms with Crippen molar-refractivity contribution < 1.29 is 22.7 Å². The summed E-state index contributed by atoms with van der Waals surface area (Å²) in [6.07, 6.45) is 9.87. The van der Waals surface area contributed by atoms with Crippen LogP contribution in [0.3, 0.4) is 0 Å². The fraction of sp³-hybridized carbons (Fsp3) is 0.517. The van der Waals surface area contributed by atoms with Crippen molar-refractivity contribution in [2.24, 2.45) is 10.8 Å². The number of fused-ring (bicyclic) bond motifs is 1. The highest BCUT2D eigenvalue weighted by Gasteiger charge is 2.48. The average molecular weight is 566 g/mol. The van der Waals surface area contributed by atoms with Gasteiger partial charge in [-0.15, -0.1) is 0 Å². The molecule has 7 rings (SSSR count). The van der Waals surface area contributed by atoms with Crippen molar-refractivity contribution in [3.63, 3.8) is 0 Å². The van der Waals surface area contributed by atoms with E-state index in [1.165, 1.54) is 31.7 Å². The number of benzene rings is 1. The zero-order valence-electron chi connectivity index (χ0n) is 22.5. The van der Waals surface area contributed by atoms with Crippen LogP contribution in [0.5, 0.6) is 0 Å². The number of carbonyl (C=O) groups excluding carboxylic acids is 1. The van der Waals surface area contributed by atoms with E-state index in [1.54, 1.807) is 24.5 Å². The second-order valence-corrected chi connectivity index (χ2v) is 13.9. The van der Waals surface area contributed by atoms with Crippen molar-refractivity contribution in [2.75, 3.05) is 54.4 Å². The molecule has 11 heteroatoms. The monoisotopic (exact) mass is 565 g/mol. The molecule has 2 spiro atoms. The van der Waals surface area contributed by atoms with E-state index in [2.05, 4.69) is 19.8 Å². The first kappa shape index (κ1) is 25.8. The van der Waals surface area contributed by atoms with Gasteiger partial charge in [-0.2, -0.15) is 0 Å². The molecule has 2 aromatic heterocycles. The van der Waals surface area contributed by atoms with Gasteiger partial charge in [-0.05, 0) is 86.1 Å². The lowest BCUT2D eigenvalue weighted by molar-refractivity contribution is 0.102. The Morgan fingerprint density at radius 1 is 0.975 bits per heavy atom. The molecule has 212 valence electrons. The molecule has 2 aliphatic carbocycles. The molecule has 4 heterocycles. The van der Waals surface area contributed by atoms with Gasteiger partial charge in [0.15, 0.2) is 11.4 Å². The SMILES string of the molecule is O=C(Nc1ccc(S(=O)(=O)NCCO)cc1N1CCC2(CC1)CC2)c1cc2ccoc2c(N2CCC3(CC3)C2)n1. The van der Waals surface area contributed by atoms with E-state index in [0.29, 0.717) is 39.3 Å². The van der Waals surface area contributed by atoms with Gasteiger partial charge in [0.05, 0.1) is 29.1 Å². The molecule has 2 aliphatic heterocycles. The van der Waals surface area contributed by atoms with Gasteiger partial charge in [-0.25, -0.2) is 18.1 Å². The summed E-state index contributed by atoms with van der Waals surface area (Å²) in [5, 5.41) is 13.0. The molecule has 0 unspecified atom stereocenters. The number of nitrogens with one attached hydrogen (secondary N) is 2. The van der Waals surface area contributed by atoms with Gasteiger partial charge in [0.2, 0.25) is 10.0 Å². The summed E-state index contributed by atoms with van der Waals surface area (Å²) in [4.78, 5) is 22.9. The minimum atomic E-state index is -3.81. The number of amides is 1. The zero-order chi connectivity index (χ0) is 27.5. The van der Waals surface area contributed by atoms with Crippen LogP contribution in [0.4, 0.5) is 17.2 Å². The average Bonchev–Trinajstić information content (AvgIpc) is 3.78. The smallest absolute Gasteiger partial charge is 0.274 e. The van der Waals surface area contributed by atoms with Crippen molar-refractivity contribution in [1.29, 1.82) is 0 Å². The summed E-state index contributed by atoms with van der Waals surface area (Å²) in [7, 11) is -3.81. The van der Waals surface area contributed by atoms with E-state index in [0.717, 1.165) is 50.8 Å². The van der Waals surface area contributed by atoms with Crippen LogP contribution in [0, 0.1) is 10.8 Å². The maximum absolute atomic E-state index is 13.7. The van der Waals surface area contributed by atoms with Gasteiger partial charge in [-0.1, -0.05) is 0 Å². The molecular weight excluding hydrogens is 530 g/mol. The van der Waals surface area contributed by atoms with Gasteiger partial charge >= 0.3 is 0 Å². The molecule has 0 radical (unpaired) electrons. The minimum absolute atomic E-state index is 0.0645. The first-order valence-electron chi connectivity index (χ1n) is 14.2. The third-order valence-electron chi connectivity index (χ3n) is 9.40. The fourth-order valence-corrected chi connectivity index (χ4v) is 7.43. The van der Waals surface area contributed by atoms with E-state index in [-0.39, 0.29) is 24.0 Å². The standard InChI is InChI=1S/C29H35N5O5S/c35-15-11-30-40(37,38)21-1-2-22(24(18-21)33-12-8-28(4-5-28)9-13-33)32-27(36)23-17-20-3-16-39-25(20)26(31-23)34-14-10-29(19-34)6-7-29/h1-3,16-18,30,35H,4-15,19H2,(H,32,36). The number of carbonyl (C=O) groups is 1. The van der Waals surface area contributed by atoms with E-state index >= 15 is 0 Å². The lowest BCUT2D eigenvalue weighted by Gasteiger charge is -2.35. The van der Waals surface area contributed by atoms with Crippen LogP contribution in [0.1, 0.15) is 55.4 Å². The zero-order valence-corrected chi connectivity index (χ0v) is 23.3. The number of anilines is 3. The molecule has 4 fully saturated rings. The van der Waals surface area contributed by atoms with Crippen molar-refractivity contribution in [2.45, 2.75) is 49.8 Å². The number of rotatable bonds is 8. The molecule has 2 saturated carbocycles. The van der Waals surface area contributed by atoms with Gasteiger partial charge in [0.1, 0.15) is 5.69 Å². The topological polar surface area (TPSA) is 128 Å². The lowest BCUT2D eigenvalue weighted by atomic mass is 9.93. The van der Waals surface area contributed by atoms with Crippen LogP contribution in [0.2, 0.25) is 0 Å². The summed E-state index contributed by atoms with van der Waals surface area (Å²) < 4.78 is 33.9. The maximum Gasteiger partial charge on any atom is 0.274 e. The van der Waals surface area contributed by atoms with E-state index in [1.807, 2.05) is 6.07 Å². The molecule has 0 atom stereocenters. The van der Waals surface area contributed by atoms with Crippen LogP contribution < -0.4 is 19.8 Å². The quantitative estimate of drug-likeness (QED) is 0.377. The number of aliphatic hydroxyl groups excluding tert-OH is 1. The Balaban J connectivity index is 1.20. The lowest BCUT2D eigenvalue weighted by Crippen LogP contribution is -2.35. The largest absolute Gasteiger partial charge is 0.460 e. The van der Waals surface area contributed by atoms with Crippen LogP contribution in [0.15, 0.2) is 45.9 Å². The molecular formula is C29H35N5O5S. The molecule has 3 N–H and O–H groups in total. The van der Waals surface area contributed by atoms with Gasteiger partial charge in [0, 0.05) is 38.1 Å². The Bertz CT molecular complexity index is 1570. The van der Waals surface area contributed by atoms with Gasteiger partial charge in [-0.3, -0.25) is 4.79 Å². The number of hydrogen-bond acceptors (Lipinski definition) is 8. The Hall–Kier alpha value is -3.15. The minimum Gasteiger partial charge on any atom is -0.460 e. The van der Waals surface area contributed by atoms with Crippen molar-refractivity contribution in [3.8, 4) is 0 Å². The van der Waals surface area contributed by atoms with Crippen molar-refractivity contribution in [1.82, 2.24) is 9.71 Å². The number of aliphatic hydroxyl groups is 1. The summed E-state index contributed by atoms with van der Waals surface area (Å²) in [5.41, 5.74) is 3.06. The maximum atomic E-state index is 13.7. The van der Waals surface area contributed by atoms with E-state index in [4.69, 9.17) is 14.5 Å². The van der Waals surface area contributed by atoms with Crippen molar-refractivity contribution >= 4 is 44.1 Å². The number of piperidine rings is 1. The Labute approximate surface area is 233 Å². The number of hydrogen-bond donors (Lipinski definition) is 3. The molecule has 1 amide bonds. The third-order valence-corrected chi connectivity index (χ3v) is 10.9. The normalized spacial score (nSPS) is 20.9. The first-order chi connectivity index (χ1) is 19.3. The van der Waals surface area contributed by atoms with Gasteiger partial charge < -0.3 is 24.6 Å². The van der Waals surface area contributed by atoms with Crippen LogP contribution in [-0.2, 0) is 10.0 Å². The Kier molecular flexibility index (Phi) is 6.10. The molecule has 0 bridgehead atoms. The Morgan fingerprint density at radius 3 is 2.40 bits per heavy atom. The number of nitrogens with zero attached hydrogens (tertiary/aromatic N) is 3. The summed E-state index contributed by atoms with van der Waals surface area (Å²) in [5.74, 6) is 0.356. The summed E-state index contributed by atoms with van der Waals surface area (Å²) >= 11 is 0. The molecule has 1 aromatic carbocycles. The van der Waals surface area contributed by atoms with Crippen LogP contribution in [-0.4, -0.2) is 63.7 Å². The third kappa shape index (κ3) is 4.73. The second kappa shape index (κ2) is 9.46. The van der Waals surface area contributed by atoms with Crippen LogP contribution in [0.25, 0.3) is 11.0 Å². The number of aromatic nitrogens is 1. The predicted molar refractivity (Wildman–Crippen MR) is 152 cm³/mol. The second-order valence-electron chi connectivity index (χ2n) is 12.1. The highest BCUT2D eigenvalue weighted by molar-refractivity contribution is 7.89. The highest BCUT2D eigenvalue weighted by atomic mass is 32.2. The number of furan rings is 1. The summed E-state index contributed by atoms with van der Waals surface area (Å²) in [6, 6.07) is 8.36. The first-order valence-corrected chi connectivity index (χ1v) is 15.7. The van der Waals surface area contributed by atoms with Crippen molar-refractivity contribution in [3.05, 3.63) is 42.3 Å². The number of sulfonamides is 1. The molecule has 4 aliphatic rings. The highest BCUT2D eigenvalue weighted by Crippen LogP contribution is 2.55. The molecule has 10 nitrogen and oxygen atoms in total. The summed E-state index contributed by atoms with van der Waals surface area (Å²) in [6.45, 7) is 3.08. The fourth-order valence-electron chi connectivity index (χ4n) is 6.38. The molecule has 40 heavy (non-hydrogen) atoms. The number of pyridine rings is 1. The van der Waals surface area contributed by atoms with E-state index < -0.39 is 10.0 Å².